The second-order valence-electron chi connectivity index (χ2n) is 4.81. The van der Waals surface area contributed by atoms with Crippen LogP contribution in [0, 0.1) is 0 Å². The van der Waals surface area contributed by atoms with Gasteiger partial charge in [-0.3, -0.25) is 0 Å². The van der Waals surface area contributed by atoms with Gasteiger partial charge in [-0.2, -0.15) is 20.1 Å². The third-order valence-electron chi connectivity index (χ3n) is 3.17. The molecule has 2 unspecified atom stereocenters. The standard InChI is InChI=1S/C12H17N7O/c1-8-7-9(3-6-20-8)15-11-16-10(13)17-12(18-11)19-5-2-4-14-19/h2,4-5,8-9H,3,6-7H2,1H3,(H3,13,15,16,17,18). The molecule has 2 aromatic rings. The number of rotatable bonds is 3. The Balaban J connectivity index is 1.79. The highest BCUT2D eigenvalue weighted by Crippen LogP contribution is 2.17. The minimum Gasteiger partial charge on any atom is -0.378 e. The van der Waals surface area contributed by atoms with Crippen molar-refractivity contribution in [3.8, 4) is 5.95 Å². The summed E-state index contributed by atoms with van der Waals surface area (Å²) in [6.45, 7) is 2.80. The van der Waals surface area contributed by atoms with Crippen molar-refractivity contribution in [3.05, 3.63) is 18.5 Å². The van der Waals surface area contributed by atoms with E-state index in [-0.39, 0.29) is 18.1 Å². The van der Waals surface area contributed by atoms with Crippen molar-refractivity contribution in [2.75, 3.05) is 17.7 Å². The Bertz CT molecular complexity index is 571. The minimum atomic E-state index is 0.174. The van der Waals surface area contributed by atoms with Crippen molar-refractivity contribution in [2.24, 2.45) is 0 Å². The summed E-state index contributed by atoms with van der Waals surface area (Å²) in [5.74, 6) is 1.06. The molecule has 0 saturated carbocycles. The number of ether oxygens (including phenoxy) is 1. The van der Waals surface area contributed by atoms with Crippen LogP contribution < -0.4 is 11.1 Å². The molecule has 3 heterocycles. The van der Waals surface area contributed by atoms with E-state index in [0.29, 0.717) is 11.9 Å². The third kappa shape index (κ3) is 2.85. The molecule has 1 aliphatic heterocycles. The van der Waals surface area contributed by atoms with Crippen molar-refractivity contribution in [2.45, 2.75) is 31.9 Å². The fourth-order valence-electron chi connectivity index (χ4n) is 2.25. The monoisotopic (exact) mass is 275 g/mol. The molecule has 8 nitrogen and oxygen atoms in total. The molecule has 0 bridgehead atoms. The average molecular weight is 275 g/mol. The van der Waals surface area contributed by atoms with E-state index in [1.54, 1.807) is 23.1 Å². The maximum Gasteiger partial charge on any atom is 0.257 e. The molecule has 0 amide bonds. The first-order valence-electron chi connectivity index (χ1n) is 6.60. The van der Waals surface area contributed by atoms with Gasteiger partial charge in [-0.15, -0.1) is 0 Å². The van der Waals surface area contributed by atoms with Gasteiger partial charge in [0.2, 0.25) is 11.9 Å². The molecule has 20 heavy (non-hydrogen) atoms. The Labute approximate surface area is 116 Å². The molecule has 8 heteroatoms. The maximum atomic E-state index is 5.73. The molecule has 106 valence electrons. The van der Waals surface area contributed by atoms with E-state index in [2.05, 4.69) is 32.3 Å². The van der Waals surface area contributed by atoms with Crippen LogP contribution in [0.2, 0.25) is 0 Å². The highest BCUT2D eigenvalue weighted by atomic mass is 16.5. The van der Waals surface area contributed by atoms with E-state index < -0.39 is 0 Å². The van der Waals surface area contributed by atoms with Crippen LogP contribution in [-0.4, -0.2) is 43.5 Å². The van der Waals surface area contributed by atoms with Crippen LogP contribution in [0.4, 0.5) is 11.9 Å². The Kier molecular flexibility index (Phi) is 3.46. The number of nitrogens with one attached hydrogen (secondary N) is 1. The summed E-state index contributed by atoms with van der Waals surface area (Å²) in [5.41, 5.74) is 5.73. The first-order chi connectivity index (χ1) is 9.70. The molecule has 2 atom stereocenters. The van der Waals surface area contributed by atoms with Crippen LogP contribution in [0.25, 0.3) is 5.95 Å². The summed E-state index contributed by atoms with van der Waals surface area (Å²) < 4.78 is 7.07. The van der Waals surface area contributed by atoms with Gasteiger partial charge in [-0.25, -0.2) is 4.68 Å². The van der Waals surface area contributed by atoms with E-state index in [1.165, 1.54) is 0 Å². The van der Waals surface area contributed by atoms with Crippen molar-refractivity contribution < 1.29 is 4.74 Å². The number of hydrogen-bond acceptors (Lipinski definition) is 7. The van der Waals surface area contributed by atoms with Crippen LogP contribution >= 0.6 is 0 Å². The Hall–Kier alpha value is -2.22. The smallest absolute Gasteiger partial charge is 0.257 e. The molecule has 2 aromatic heterocycles. The number of nitrogens with two attached hydrogens (primary N) is 1. The van der Waals surface area contributed by atoms with Gasteiger partial charge in [0.25, 0.3) is 5.95 Å². The van der Waals surface area contributed by atoms with Crippen LogP contribution in [0.1, 0.15) is 19.8 Å². The highest BCUT2D eigenvalue weighted by molar-refractivity contribution is 5.35. The predicted octanol–water partition coefficient (Wildman–Crippen LogP) is 0.619. The zero-order chi connectivity index (χ0) is 13.9. The molecule has 3 N–H and O–H groups in total. The number of aromatic nitrogens is 5. The van der Waals surface area contributed by atoms with E-state index >= 15 is 0 Å². The summed E-state index contributed by atoms with van der Waals surface area (Å²) in [6, 6.07) is 2.08. The third-order valence-corrected chi connectivity index (χ3v) is 3.17. The van der Waals surface area contributed by atoms with E-state index in [4.69, 9.17) is 10.5 Å². The summed E-state index contributed by atoms with van der Waals surface area (Å²) in [6.07, 6.45) is 5.50. The fourth-order valence-corrected chi connectivity index (χ4v) is 2.25. The van der Waals surface area contributed by atoms with Crippen molar-refractivity contribution in [3.63, 3.8) is 0 Å². The zero-order valence-corrected chi connectivity index (χ0v) is 11.2. The van der Waals surface area contributed by atoms with Crippen LogP contribution in [0.15, 0.2) is 18.5 Å². The van der Waals surface area contributed by atoms with Gasteiger partial charge in [0.15, 0.2) is 0 Å². The predicted molar refractivity (Wildman–Crippen MR) is 73.4 cm³/mol. The number of nitrogens with zero attached hydrogens (tertiary/aromatic N) is 5. The van der Waals surface area contributed by atoms with Gasteiger partial charge in [0, 0.05) is 25.0 Å². The lowest BCUT2D eigenvalue weighted by Crippen LogP contribution is -2.33. The quantitative estimate of drug-likeness (QED) is 0.846. The summed E-state index contributed by atoms with van der Waals surface area (Å²) in [4.78, 5) is 12.5. The molecular weight excluding hydrogens is 258 g/mol. The molecule has 1 saturated heterocycles. The zero-order valence-electron chi connectivity index (χ0n) is 11.2. The average Bonchev–Trinajstić information content (AvgIpc) is 2.91. The number of hydrogen-bond donors (Lipinski definition) is 2. The molecule has 0 aliphatic carbocycles. The topological polar surface area (TPSA) is 104 Å². The Morgan fingerprint density at radius 1 is 1.40 bits per heavy atom. The van der Waals surface area contributed by atoms with E-state index in [1.807, 2.05) is 0 Å². The van der Waals surface area contributed by atoms with Crippen molar-refractivity contribution >= 4 is 11.9 Å². The summed E-state index contributed by atoms with van der Waals surface area (Å²) in [5, 5.41) is 7.38. The molecule has 0 radical (unpaired) electrons. The molecule has 3 rings (SSSR count). The van der Waals surface area contributed by atoms with Crippen LogP contribution in [0.5, 0.6) is 0 Å². The fraction of sp³-hybridized carbons (Fsp3) is 0.500. The van der Waals surface area contributed by atoms with Gasteiger partial charge < -0.3 is 15.8 Å². The van der Waals surface area contributed by atoms with Gasteiger partial charge in [-0.1, -0.05) is 0 Å². The number of anilines is 2. The second kappa shape index (κ2) is 5.41. The molecule has 1 fully saturated rings. The molecule has 0 spiro atoms. The van der Waals surface area contributed by atoms with Crippen molar-refractivity contribution in [1.82, 2.24) is 24.7 Å². The maximum absolute atomic E-state index is 5.73. The summed E-state index contributed by atoms with van der Waals surface area (Å²) >= 11 is 0. The lowest BCUT2D eigenvalue weighted by molar-refractivity contribution is 0.0231. The van der Waals surface area contributed by atoms with E-state index in [0.717, 1.165) is 19.4 Å². The van der Waals surface area contributed by atoms with Gasteiger partial charge in [0.1, 0.15) is 0 Å². The lowest BCUT2D eigenvalue weighted by atomic mass is 10.0. The Morgan fingerprint density at radius 2 is 2.30 bits per heavy atom. The van der Waals surface area contributed by atoms with Crippen molar-refractivity contribution in [1.29, 1.82) is 0 Å². The first-order valence-corrected chi connectivity index (χ1v) is 6.60. The SMILES string of the molecule is CC1CC(Nc2nc(N)nc(-n3cccn3)n2)CCO1. The first kappa shape index (κ1) is 12.8. The number of nitrogen functional groups attached to an aromatic ring is 1. The van der Waals surface area contributed by atoms with Gasteiger partial charge in [-0.05, 0) is 25.8 Å². The lowest BCUT2D eigenvalue weighted by Gasteiger charge is -2.27. The second-order valence-corrected chi connectivity index (χ2v) is 4.81. The molecule has 0 aromatic carbocycles. The summed E-state index contributed by atoms with van der Waals surface area (Å²) in [7, 11) is 0. The Morgan fingerprint density at radius 3 is 3.05 bits per heavy atom. The molecular formula is C12H17N7O. The van der Waals surface area contributed by atoms with Gasteiger partial charge >= 0.3 is 0 Å². The van der Waals surface area contributed by atoms with E-state index in [9.17, 15) is 0 Å². The normalized spacial score (nSPS) is 22.6. The van der Waals surface area contributed by atoms with Crippen LogP contribution in [0.3, 0.4) is 0 Å². The largest absolute Gasteiger partial charge is 0.378 e. The molecule has 1 aliphatic rings. The highest BCUT2D eigenvalue weighted by Gasteiger charge is 2.20. The van der Waals surface area contributed by atoms with Gasteiger partial charge in [0.05, 0.1) is 6.10 Å². The minimum absolute atomic E-state index is 0.174. The van der Waals surface area contributed by atoms with Crippen LogP contribution in [-0.2, 0) is 4.74 Å².